The van der Waals surface area contributed by atoms with Crippen molar-refractivity contribution in [2.45, 2.75) is 49.3 Å². The van der Waals surface area contributed by atoms with Crippen molar-refractivity contribution in [1.82, 2.24) is 39.0 Å². The molecule has 1 aliphatic carbocycles. The Morgan fingerprint density at radius 3 is 2.27 bits per heavy atom. The number of aliphatic hydroxyl groups excluding tert-OH is 2. The molecule has 6 N–H and O–H groups in total. The SMILES string of the molecule is Nc1ncnc2c1ncn2[C@@H]1CC(COP(=O)(S)O[C@H]2[C@@H](F)[C@H](n3cnc4c(N)ncnc43)O[C@@H]2CO)[C@@H](O)[C@H]1F. The molecule has 4 aromatic rings. The molecule has 220 valence electrons. The summed E-state index contributed by atoms with van der Waals surface area (Å²) in [4.78, 5) is 24.1. The first kappa shape index (κ1) is 28.1. The van der Waals surface area contributed by atoms with Gasteiger partial charge in [0.05, 0.1) is 38.0 Å². The highest BCUT2D eigenvalue weighted by atomic mass is 32.7. The molecule has 0 aromatic carbocycles. The second-order valence-electron chi connectivity index (χ2n) is 9.69. The van der Waals surface area contributed by atoms with Crippen LogP contribution in [0, 0.1) is 5.92 Å². The van der Waals surface area contributed by atoms with Crippen LogP contribution in [0.4, 0.5) is 20.4 Å². The Balaban J connectivity index is 1.14. The van der Waals surface area contributed by atoms with Crippen LogP contribution >= 0.6 is 19.0 Å². The van der Waals surface area contributed by atoms with Gasteiger partial charge in [0.25, 0.3) is 0 Å². The van der Waals surface area contributed by atoms with Crippen LogP contribution in [0.1, 0.15) is 18.7 Å². The van der Waals surface area contributed by atoms with E-state index in [1.54, 1.807) is 0 Å². The first-order valence-corrected chi connectivity index (χ1v) is 15.0. The summed E-state index contributed by atoms with van der Waals surface area (Å²) >= 11 is 3.96. The number of imidazole rings is 2. The highest BCUT2D eigenvalue weighted by molar-refractivity contribution is 8.44. The number of thiol groups is 1. The maximum atomic E-state index is 15.6. The van der Waals surface area contributed by atoms with Crippen molar-refractivity contribution in [3.63, 3.8) is 0 Å². The Hall–Kier alpha value is -3.06. The van der Waals surface area contributed by atoms with Crippen LogP contribution < -0.4 is 11.5 Å². The summed E-state index contributed by atoms with van der Waals surface area (Å²) in [5, 5.41) is 20.4. The first-order chi connectivity index (χ1) is 19.6. The van der Waals surface area contributed by atoms with E-state index in [9.17, 15) is 14.8 Å². The lowest BCUT2D eigenvalue weighted by atomic mass is 10.1. The molecule has 1 aliphatic heterocycles. The number of fused-ring (bicyclic) bond motifs is 2. The largest absolute Gasteiger partial charge is 0.394 e. The number of anilines is 2. The van der Waals surface area contributed by atoms with E-state index in [1.807, 2.05) is 0 Å². The van der Waals surface area contributed by atoms with Gasteiger partial charge >= 0.3 is 6.80 Å². The fourth-order valence-corrected chi connectivity index (χ4v) is 6.76. The molecule has 16 nitrogen and oxygen atoms in total. The first-order valence-electron chi connectivity index (χ1n) is 12.3. The number of halogens is 2. The van der Waals surface area contributed by atoms with Crippen molar-refractivity contribution in [1.29, 1.82) is 0 Å². The maximum Gasteiger partial charge on any atom is 0.386 e. The molecule has 41 heavy (non-hydrogen) atoms. The van der Waals surface area contributed by atoms with Gasteiger partial charge in [-0.15, -0.1) is 0 Å². The van der Waals surface area contributed by atoms with Crippen LogP contribution in [0.25, 0.3) is 22.3 Å². The topological polar surface area (TPSA) is 224 Å². The Labute approximate surface area is 234 Å². The molecule has 4 aromatic heterocycles. The van der Waals surface area contributed by atoms with Gasteiger partial charge in [-0.05, 0) is 6.42 Å². The molecule has 5 heterocycles. The van der Waals surface area contributed by atoms with Gasteiger partial charge in [-0.3, -0.25) is 9.09 Å². The second-order valence-corrected chi connectivity index (χ2v) is 12.6. The zero-order valence-corrected chi connectivity index (χ0v) is 22.7. The third-order valence-corrected chi connectivity index (χ3v) is 8.89. The summed E-state index contributed by atoms with van der Waals surface area (Å²) in [5.74, 6) is -0.632. The zero-order chi connectivity index (χ0) is 29.1. The number of nitrogens with zero attached hydrogens (tertiary/aromatic N) is 8. The summed E-state index contributed by atoms with van der Waals surface area (Å²) in [7, 11) is 0. The molecule has 2 unspecified atom stereocenters. The fourth-order valence-electron chi connectivity index (χ4n) is 5.23. The summed E-state index contributed by atoms with van der Waals surface area (Å²) in [6.45, 7) is -5.42. The van der Waals surface area contributed by atoms with E-state index in [1.165, 1.54) is 34.4 Å². The number of hydrogen-bond acceptors (Lipinski definition) is 14. The van der Waals surface area contributed by atoms with Gasteiger partial charge in [0.15, 0.2) is 35.3 Å². The number of aromatic nitrogens is 8. The van der Waals surface area contributed by atoms with E-state index in [4.69, 9.17) is 25.3 Å². The van der Waals surface area contributed by atoms with Crippen LogP contribution in [0.3, 0.4) is 0 Å². The van der Waals surface area contributed by atoms with Gasteiger partial charge in [0.2, 0.25) is 0 Å². The molecule has 1 saturated carbocycles. The molecule has 2 aliphatic rings. The van der Waals surface area contributed by atoms with Crippen molar-refractivity contribution in [3.05, 3.63) is 25.3 Å². The van der Waals surface area contributed by atoms with E-state index in [0.29, 0.717) is 5.65 Å². The maximum absolute atomic E-state index is 15.6. The van der Waals surface area contributed by atoms with E-state index in [-0.39, 0.29) is 34.7 Å². The molecule has 1 saturated heterocycles. The number of rotatable bonds is 8. The minimum Gasteiger partial charge on any atom is -0.394 e. The summed E-state index contributed by atoms with van der Waals surface area (Å²) in [6.07, 6.45) is -4.33. The van der Waals surface area contributed by atoms with Crippen LogP contribution in [-0.4, -0.2) is 93.1 Å². The van der Waals surface area contributed by atoms with Crippen molar-refractivity contribution >= 4 is 53.0 Å². The molecular formula is C21H25F2N10O6PS. The zero-order valence-electron chi connectivity index (χ0n) is 21.0. The Kier molecular flexibility index (Phi) is 7.29. The van der Waals surface area contributed by atoms with Gasteiger partial charge in [0, 0.05) is 5.92 Å². The highest BCUT2D eigenvalue weighted by Crippen LogP contribution is 2.57. The molecule has 20 heteroatoms. The van der Waals surface area contributed by atoms with Gasteiger partial charge in [-0.1, -0.05) is 12.2 Å². The average molecular weight is 615 g/mol. The molecule has 0 radical (unpaired) electrons. The highest BCUT2D eigenvalue weighted by Gasteiger charge is 2.51. The lowest BCUT2D eigenvalue weighted by molar-refractivity contribution is -0.0444. The van der Waals surface area contributed by atoms with Gasteiger partial charge in [-0.2, -0.15) is 0 Å². The van der Waals surface area contributed by atoms with E-state index in [0.717, 1.165) is 0 Å². The van der Waals surface area contributed by atoms with Crippen molar-refractivity contribution in [2.75, 3.05) is 24.7 Å². The van der Waals surface area contributed by atoms with Gasteiger partial charge in [-0.25, -0.2) is 43.2 Å². The van der Waals surface area contributed by atoms with Crippen LogP contribution in [0.15, 0.2) is 25.3 Å². The van der Waals surface area contributed by atoms with Crippen molar-refractivity contribution in [3.8, 4) is 0 Å². The summed E-state index contributed by atoms with van der Waals surface area (Å²) in [5.41, 5.74) is 12.6. The quantitative estimate of drug-likeness (QED) is 0.136. The standard InChI is InChI=1S/C21H25F2N10O6PS/c22-11-9(32-6-30-13-17(24)26-4-28-19(13)32)1-8(15(11)35)3-37-40(36,41)39-16-10(2-34)38-21(12(16)23)33-7-31-14-18(25)27-5-29-20(14)33/h4-12,15-16,21,34-35H,1-3H2,(H,36,41)(H2,24,26,28)(H2,25,27,29)/t8?,9-,10-,11+,12-,15-,16-,21-,40?/m1/s1. The monoisotopic (exact) mass is 614 g/mol. The third-order valence-electron chi connectivity index (χ3n) is 7.28. The minimum absolute atomic E-state index is 0.0593. The van der Waals surface area contributed by atoms with Gasteiger partial charge in [0.1, 0.15) is 42.1 Å². The summed E-state index contributed by atoms with van der Waals surface area (Å²) in [6, 6.07) is -0.876. The van der Waals surface area contributed by atoms with Crippen LogP contribution in [0.2, 0.25) is 0 Å². The number of nitrogen functional groups attached to an aromatic ring is 2. The van der Waals surface area contributed by atoms with E-state index < -0.39 is 68.9 Å². The molecule has 0 bridgehead atoms. The Morgan fingerprint density at radius 2 is 1.63 bits per heavy atom. The Bertz CT molecular complexity index is 1630. The van der Waals surface area contributed by atoms with Gasteiger partial charge < -0.3 is 35.5 Å². The molecular weight excluding hydrogens is 589 g/mol. The predicted octanol–water partition coefficient (Wildman–Crippen LogP) is 0.758. The normalized spacial score (nSPS) is 31.7. The third kappa shape index (κ3) is 4.90. The number of nitrogens with two attached hydrogens (primary N) is 2. The number of alkyl halides is 2. The molecule has 9 atom stereocenters. The lowest BCUT2D eigenvalue weighted by Crippen LogP contribution is -2.33. The predicted molar refractivity (Wildman–Crippen MR) is 141 cm³/mol. The van der Waals surface area contributed by atoms with E-state index >= 15 is 8.78 Å². The number of ether oxygens (including phenoxy) is 1. The lowest BCUT2D eigenvalue weighted by Gasteiger charge is -2.23. The number of hydrogen-bond donors (Lipinski definition) is 5. The minimum atomic E-state index is -4.31. The smallest absolute Gasteiger partial charge is 0.386 e. The molecule has 0 spiro atoms. The second kappa shape index (κ2) is 10.6. The molecule has 2 fully saturated rings. The van der Waals surface area contributed by atoms with Crippen LogP contribution in [0.5, 0.6) is 0 Å². The molecule has 0 amide bonds. The van der Waals surface area contributed by atoms with Crippen LogP contribution in [-0.2, 0) is 18.3 Å². The Morgan fingerprint density at radius 1 is 1.02 bits per heavy atom. The van der Waals surface area contributed by atoms with E-state index in [2.05, 4.69) is 42.2 Å². The van der Waals surface area contributed by atoms with Crippen molar-refractivity contribution < 1.29 is 37.3 Å². The van der Waals surface area contributed by atoms with Crippen molar-refractivity contribution in [2.24, 2.45) is 5.92 Å². The number of aliphatic hydroxyl groups is 2. The average Bonchev–Trinajstić information content (AvgIpc) is 3.70. The fraction of sp³-hybridized carbons (Fsp3) is 0.524. The molecule has 6 rings (SSSR count). The summed E-state index contributed by atoms with van der Waals surface area (Å²) < 4.78 is 63.0.